The van der Waals surface area contributed by atoms with E-state index >= 15 is 0 Å². The normalized spacial score (nSPS) is 23.9. The van der Waals surface area contributed by atoms with Crippen LogP contribution < -0.4 is 0 Å². The van der Waals surface area contributed by atoms with Crippen LogP contribution in [0.1, 0.15) is 42.1 Å². The molecule has 33 heavy (non-hydrogen) atoms. The number of aromatic amines is 1. The van der Waals surface area contributed by atoms with Crippen molar-refractivity contribution in [1.29, 1.82) is 5.26 Å². The van der Waals surface area contributed by atoms with E-state index in [1.54, 1.807) is 0 Å². The minimum Gasteiger partial charge on any atom is -0.396 e. The number of H-pyrrole nitrogens is 1. The van der Waals surface area contributed by atoms with Gasteiger partial charge in [0.15, 0.2) is 5.78 Å². The first kappa shape index (κ1) is 21.4. The van der Waals surface area contributed by atoms with Gasteiger partial charge in [0.2, 0.25) is 0 Å². The maximum Gasteiger partial charge on any atom is 0.176 e. The molecule has 5 heteroatoms. The first-order valence-electron chi connectivity index (χ1n) is 11.6. The highest BCUT2D eigenvalue weighted by Crippen LogP contribution is 2.54. The van der Waals surface area contributed by atoms with E-state index in [2.05, 4.69) is 41.5 Å². The number of aryl methyl sites for hydroxylation is 1. The Kier molecular flexibility index (Phi) is 5.47. The number of hydrogen-bond donors (Lipinski definition) is 2. The monoisotopic (exact) mass is 437 g/mol. The van der Waals surface area contributed by atoms with Gasteiger partial charge in [-0.2, -0.15) is 10.4 Å². The van der Waals surface area contributed by atoms with Gasteiger partial charge in [-0.05, 0) is 54.9 Å². The van der Waals surface area contributed by atoms with Gasteiger partial charge in [-0.15, -0.1) is 0 Å². The van der Waals surface area contributed by atoms with E-state index in [-0.39, 0.29) is 29.8 Å². The van der Waals surface area contributed by atoms with E-state index in [9.17, 15) is 15.2 Å². The smallest absolute Gasteiger partial charge is 0.176 e. The van der Waals surface area contributed by atoms with E-state index in [0.29, 0.717) is 0 Å². The number of nitrogens with one attached hydrogen (secondary N) is 1. The Morgan fingerprint density at radius 3 is 2.79 bits per heavy atom. The van der Waals surface area contributed by atoms with Crippen molar-refractivity contribution in [2.75, 3.05) is 6.61 Å². The highest BCUT2D eigenvalue weighted by molar-refractivity contribution is 6.02. The molecule has 1 aromatic heterocycles. The van der Waals surface area contributed by atoms with E-state index in [4.69, 9.17) is 5.10 Å². The third kappa shape index (κ3) is 3.34. The van der Waals surface area contributed by atoms with Crippen LogP contribution in [0.2, 0.25) is 0 Å². The van der Waals surface area contributed by atoms with Crippen molar-refractivity contribution in [2.24, 2.45) is 11.8 Å². The number of Topliss-reactive ketones (excluding diaryl/α,β-unsaturated/α-hetero) is 1. The van der Waals surface area contributed by atoms with Crippen molar-refractivity contribution in [3.63, 3.8) is 0 Å². The summed E-state index contributed by atoms with van der Waals surface area (Å²) in [6.45, 7) is 2.13. The average molecular weight is 438 g/mol. The van der Waals surface area contributed by atoms with Gasteiger partial charge in [-0.3, -0.25) is 9.89 Å². The number of carbonyl (C=O) groups is 1. The molecule has 0 amide bonds. The van der Waals surface area contributed by atoms with Crippen LogP contribution >= 0.6 is 0 Å². The molecule has 166 valence electrons. The van der Waals surface area contributed by atoms with Crippen LogP contribution in [0.15, 0.2) is 66.2 Å². The number of carbonyl (C=O) groups excluding carboxylic acids is 1. The Morgan fingerprint density at radius 1 is 1.21 bits per heavy atom. The number of rotatable bonds is 5. The number of hydrogen-bond acceptors (Lipinski definition) is 4. The Morgan fingerprint density at radius 2 is 2.03 bits per heavy atom. The van der Waals surface area contributed by atoms with Gasteiger partial charge in [0, 0.05) is 23.7 Å². The Hall–Kier alpha value is -3.49. The molecule has 5 rings (SSSR count). The maximum atomic E-state index is 12.9. The molecule has 2 aromatic carbocycles. The van der Waals surface area contributed by atoms with Gasteiger partial charge in [0.1, 0.15) is 6.07 Å². The third-order valence-electron chi connectivity index (χ3n) is 7.41. The average Bonchev–Trinajstić information content (AvgIpc) is 3.30. The summed E-state index contributed by atoms with van der Waals surface area (Å²) in [5, 5.41) is 27.1. The lowest BCUT2D eigenvalue weighted by Crippen LogP contribution is -2.48. The molecule has 0 aliphatic heterocycles. The van der Waals surface area contributed by atoms with Crippen molar-refractivity contribution < 1.29 is 9.90 Å². The predicted molar refractivity (Wildman–Crippen MR) is 126 cm³/mol. The van der Waals surface area contributed by atoms with Crippen LogP contribution in [-0.2, 0) is 23.1 Å². The second-order valence-electron chi connectivity index (χ2n) is 9.16. The number of nitriles is 1. The topological polar surface area (TPSA) is 89.8 Å². The van der Waals surface area contributed by atoms with Crippen molar-refractivity contribution in [1.82, 2.24) is 10.2 Å². The van der Waals surface area contributed by atoms with Crippen LogP contribution in [0.25, 0.3) is 11.3 Å². The molecular weight excluding hydrogens is 410 g/mol. The van der Waals surface area contributed by atoms with Crippen molar-refractivity contribution in [3.8, 4) is 17.3 Å². The molecule has 2 aliphatic carbocycles. The summed E-state index contributed by atoms with van der Waals surface area (Å²) in [6.07, 6.45) is 5.12. The van der Waals surface area contributed by atoms with E-state index in [1.165, 1.54) is 5.56 Å². The molecule has 0 saturated heterocycles. The maximum absolute atomic E-state index is 12.9. The lowest BCUT2D eigenvalue weighted by Gasteiger charge is -2.47. The van der Waals surface area contributed by atoms with Gasteiger partial charge in [-0.1, -0.05) is 55.5 Å². The molecule has 2 N–H and O–H groups in total. The Balaban J connectivity index is 1.71. The van der Waals surface area contributed by atoms with E-state index in [1.807, 2.05) is 37.3 Å². The minimum atomic E-state index is -0.615. The number of fused-ring (bicyclic) bond motifs is 3. The number of nitrogens with zero attached hydrogens (tertiary/aromatic N) is 2. The SMILES string of the molecule is CC1C(=O)C(C#N)=CC2(c3ccccc3)c3n[nH]c(-c4cccc(CCCO)c4)c3CC[C@@H]12. The van der Waals surface area contributed by atoms with Crippen LogP contribution in [0.5, 0.6) is 0 Å². The largest absolute Gasteiger partial charge is 0.396 e. The fourth-order valence-electron chi connectivity index (χ4n) is 5.84. The molecule has 2 unspecified atom stereocenters. The van der Waals surface area contributed by atoms with Gasteiger partial charge in [0.05, 0.1) is 22.4 Å². The predicted octanol–water partition coefficient (Wildman–Crippen LogP) is 4.52. The second kappa shape index (κ2) is 8.46. The quantitative estimate of drug-likeness (QED) is 0.614. The van der Waals surface area contributed by atoms with Crippen molar-refractivity contribution >= 4 is 5.78 Å². The molecule has 5 nitrogen and oxygen atoms in total. The summed E-state index contributed by atoms with van der Waals surface area (Å²) >= 11 is 0. The molecule has 0 saturated carbocycles. The zero-order valence-corrected chi connectivity index (χ0v) is 18.7. The van der Waals surface area contributed by atoms with Crippen LogP contribution in [0, 0.1) is 23.2 Å². The van der Waals surface area contributed by atoms with E-state index in [0.717, 1.165) is 53.8 Å². The number of ketones is 1. The molecule has 0 fully saturated rings. The molecule has 1 heterocycles. The number of aliphatic hydroxyl groups excluding tert-OH is 1. The minimum absolute atomic E-state index is 0.0454. The first-order chi connectivity index (χ1) is 16.1. The Bertz CT molecular complexity index is 1270. The van der Waals surface area contributed by atoms with Crippen LogP contribution in [0.4, 0.5) is 0 Å². The number of aromatic nitrogens is 2. The standard InChI is InChI=1S/C28H27N3O2/c1-18-24-13-12-23-25(20-9-5-7-19(15-20)8-6-14-32)30-31-27(23)28(24,16-21(17-29)26(18)33)22-10-3-2-4-11-22/h2-5,7,9-11,15-16,18,24,32H,6,8,12-14H2,1H3,(H,30,31)/t18?,24-,28?/m0/s1. The molecular formula is C28H27N3O2. The lowest BCUT2D eigenvalue weighted by molar-refractivity contribution is -0.121. The Labute approximate surface area is 193 Å². The molecule has 3 atom stereocenters. The zero-order chi connectivity index (χ0) is 23.0. The lowest BCUT2D eigenvalue weighted by atomic mass is 9.54. The van der Waals surface area contributed by atoms with Gasteiger partial charge in [-0.25, -0.2) is 0 Å². The van der Waals surface area contributed by atoms with Crippen LogP contribution in [0.3, 0.4) is 0 Å². The highest BCUT2D eigenvalue weighted by Gasteiger charge is 2.53. The summed E-state index contributed by atoms with van der Waals surface area (Å²) in [5.41, 5.74) is 6.02. The summed E-state index contributed by atoms with van der Waals surface area (Å²) in [6, 6.07) is 20.7. The highest BCUT2D eigenvalue weighted by atomic mass is 16.2. The summed E-state index contributed by atoms with van der Waals surface area (Å²) in [5.74, 6) is -0.270. The third-order valence-corrected chi connectivity index (χ3v) is 7.41. The second-order valence-corrected chi connectivity index (χ2v) is 9.16. The molecule has 2 aliphatic rings. The first-order valence-corrected chi connectivity index (χ1v) is 11.6. The van der Waals surface area contributed by atoms with Gasteiger partial charge in [0.25, 0.3) is 0 Å². The number of benzene rings is 2. The van der Waals surface area contributed by atoms with Crippen LogP contribution in [-0.4, -0.2) is 27.7 Å². The molecule has 0 bridgehead atoms. The summed E-state index contributed by atoms with van der Waals surface area (Å²) in [7, 11) is 0. The molecule has 0 spiro atoms. The number of allylic oxidation sites excluding steroid dienone is 2. The number of aliphatic hydroxyl groups is 1. The fourth-order valence-corrected chi connectivity index (χ4v) is 5.84. The van der Waals surface area contributed by atoms with E-state index < -0.39 is 5.41 Å². The zero-order valence-electron chi connectivity index (χ0n) is 18.7. The van der Waals surface area contributed by atoms with Gasteiger partial charge < -0.3 is 5.11 Å². The summed E-state index contributed by atoms with van der Waals surface area (Å²) in [4.78, 5) is 12.9. The summed E-state index contributed by atoms with van der Waals surface area (Å²) < 4.78 is 0. The van der Waals surface area contributed by atoms with Crippen molar-refractivity contribution in [3.05, 3.63) is 88.6 Å². The van der Waals surface area contributed by atoms with Crippen molar-refractivity contribution in [2.45, 2.75) is 38.0 Å². The van der Waals surface area contributed by atoms with Gasteiger partial charge >= 0.3 is 0 Å². The molecule has 3 aromatic rings. The fraction of sp³-hybridized carbons (Fsp3) is 0.321. The molecule has 0 radical (unpaired) electrons.